The number of benzene rings is 4. The van der Waals surface area contributed by atoms with Gasteiger partial charge in [-0.1, -0.05) is 72.8 Å². The van der Waals surface area contributed by atoms with Gasteiger partial charge in [-0.05, 0) is 47.0 Å². The third kappa shape index (κ3) is 8.69. The van der Waals surface area contributed by atoms with Crippen molar-refractivity contribution in [3.63, 3.8) is 0 Å². The first-order valence-electron chi connectivity index (χ1n) is 13.1. The minimum Gasteiger partial charge on any atom is -0.485 e. The average Bonchev–Trinajstić information content (AvgIpc) is 2.99. The first-order chi connectivity index (χ1) is 19.9. The summed E-state index contributed by atoms with van der Waals surface area (Å²) in [4.78, 5) is 37.1. The molecule has 0 unspecified atom stereocenters. The average molecular weight is 553 g/mol. The Morgan fingerprint density at radius 2 is 1.34 bits per heavy atom. The lowest BCUT2D eigenvalue weighted by molar-refractivity contribution is -0.142. The molecule has 0 aliphatic heterocycles. The summed E-state index contributed by atoms with van der Waals surface area (Å²) in [5, 5.41) is 5.40. The third-order valence-electron chi connectivity index (χ3n) is 6.16. The van der Waals surface area contributed by atoms with E-state index in [1.807, 2.05) is 72.8 Å². The second-order valence-corrected chi connectivity index (χ2v) is 9.34. The fourth-order valence-electron chi connectivity index (χ4n) is 4.14. The summed E-state index contributed by atoms with van der Waals surface area (Å²) >= 11 is 0. The number of nitrogens with one attached hydrogen (secondary N) is 2. The Morgan fingerprint density at radius 1 is 0.707 bits per heavy atom. The number of amides is 2. The third-order valence-corrected chi connectivity index (χ3v) is 6.16. The summed E-state index contributed by atoms with van der Waals surface area (Å²) in [6.45, 7) is 2.07. The predicted octanol–water partition coefficient (Wildman–Crippen LogP) is 5.32. The zero-order chi connectivity index (χ0) is 29.0. The van der Waals surface area contributed by atoms with Crippen LogP contribution >= 0.6 is 0 Å². The van der Waals surface area contributed by atoms with E-state index in [1.165, 1.54) is 14.0 Å². The Kier molecular flexibility index (Phi) is 10.1. The van der Waals surface area contributed by atoms with Gasteiger partial charge in [-0.3, -0.25) is 9.59 Å². The maximum Gasteiger partial charge on any atom is 0.328 e. The number of methoxy groups -OCH3 is 1. The van der Waals surface area contributed by atoms with Gasteiger partial charge >= 0.3 is 5.97 Å². The Hall–Kier alpha value is -5.11. The molecule has 41 heavy (non-hydrogen) atoms. The van der Waals surface area contributed by atoms with Crippen molar-refractivity contribution in [1.29, 1.82) is 0 Å². The van der Waals surface area contributed by atoms with Crippen molar-refractivity contribution in [2.75, 3.05) is 12.4 Å². The molecule has 0 fully saturated rings. The van der Waals surface area contributed by atoms with Crippen molar-refractivity contribution in [2.45, 2.75) is 32.6 Å². The molecule has 0 aliphatic rings. The molecule has 1 atom stereocenters. The van der Waals surface area contributed by atoms with Crippen LogP contribution in [0.25, 0.3) is 0 Å². The van der Waals surface area contributed by atoms with E-state index in [1.54, 1.807) is 30.3 Å². The normalized spacial score (nSPS) is 11.2. The molecule has 0 spiro atoms. The van der Waals surface area contributed by atoms with E-state index >= 15 is 0 Å². The van der Waals surface area contributed by atoms with E-state index in [4.69, 9.17) is 14.2 Å². The van der Waals surface area contributed by atoms with Crippen LogP contribution in [0.2, 0.25) is 0 Å². The van der Waals surface area contributed by atoms with Crippen LogP contribution in [0, 0.1) is 0 Å². The predicted molar refractivity (Wildman–Crippen MR) is 156 cm³/mol. The minimum absolute atomic E-state index is 0.157. The van der Waals surface area contributed by atoms with Gasteiger partial charge < -0.3 is 24.8 Å². The number of carbonyl (C=O) groups excluding carboxylic acids is 3. The molecule has 4 rings (SSSR count). The summed E-state index contributed by atoms with van der Waals surface area (Å²) < 4.78 is 17.2. The highest BCUT2D eigenvalue weighted by Gasteiger charge is 2.24. The standard InChI is InChI=1S/C33H32N2O6/c1-23(36)34-28-15-9-14-27(20-28)32(37)35-29(33(38)39-2)18-26-16-17-30(40-21-24-10-5-3-6-11-24)31(19-26)41-22-25-12-7-4-8-13-25/h3-17,19-20,29H,18,21-22H2,1-2H3,(H,34,36)(H,35,37)/t29-/m1/s1. The Bertz CT molecular complexity index is 1470. The van der Waals surface area contributed by atoms with Gasteiger partial charge in [0.1, 0.15) is 19.3 Å². The van der Waals surface area contributed by atoms with Crippen molar-refractivity contribution < 1.29 is 28.6 Å². The molecule has 0 aromatic heterocycles. The lowest BCUT2D eigenvalue weighted by Crippen LogP contribution is -2.43. The van der Waals surface area contributed by atoms with Crippen LogP contribution in [0.15, 0.2) is 103 Å². The fourth-order valence-corrected chi connectivity index (χ4v) is 4.14. The lowest BCUT2D eigenvalue weighted by atomic mass is 10.0. The molecule has 8 nitrogen and oxygen atoms in total. The Balaban J connectivity index is 1.53. The zero-order valence-corrected chi connectivity index (χ0v) is 23.0. The van der Waals surface area contributed by atoms with Gasteiger partial charge in [0.15, 0.2) is 11.5 Å². The van der Waals surface area contributed by atoms with Crippen LogP contribution in [-0.2, 0) is 34.0 Å². The molecule has 2 N–H and O–H groups in total. The molecule has 4 aromatic carbocycles. The van der Waals surface area contributed by atoms with Crippen molar-refractivity contribution in [2.24, 2.45) is 0 Å². The number of rotatable bonds is 12. The molecule has 0 saturated carbocycles. The summed E-state index contributed by atoms with van der Waals surface area (Å²) in [6, 6.07) is 30.5. The first-order valence-corrected chi connectivity index (χ1v) is 13.1. The van der Waals surface area contributed by atoms with Crippen molar-refractivity contribution in [3.8, 4) is 11.5 Å². The number of hydrogen-bond donors (Lipinski definition) is 2. The Labute approximate surface area is 239 Å². The lowest BCUT2D eigenvalue weighted by Gasteiger charge is -2.19. The van der Waals surface area contributed by atoms with Crippen LogP contribution in [0.5, 0.6) is 11.5 Å². The number of carbonyl (C=O) groups is 3. The largest absolute Gasteiger partial charge is 0.485 e. The molecule has 2 amide bonds. The molecule has 8 heteroatoms. The molecule has 4 aromatic rings. The highest BCUT2D eigenvalue weighted by molar-refractivity contribution is 5.98. The molecule has 210 valence electrons. The Morgan fingerprint density at radius 3 is 1.95 bits per heavy atom. The van der Waals surface area contributed by atoms with E-state index in [-0.39, 0.29) is 12.3 Å². The maximum atomic E-state index is 13.0. The van der Waals surface area contributed by atoms with E-state index in [0.717, 1.165) is 16.7 Å². The number of esters is 1. The zero-order valence-electron chi connectivity index (χ0n) is 23.0. The smallest absolute Gasteiger partial charge is 0.328 e. The van der Waals surface area contributed by atoms with Gasteiger partial charge in [-0.15, -0.1) is 0 Å². The summed E-state index contributed by atoms with van der Waals surface area (Å²) in [5.41, 5.74) is 3.52. The minimum atomic E-state index is -0.963. The topological polar surface area (TPSA) is 103 Å². The van der Waals surface area contributed by atoms with E-state index < -0.39 is 17.9 Å². The highest BCUT2D eigenvalue weighted by Crippen LogP contribution is 2.31. The van der Waals surface area contributed by atoms with Crippen LogP contribution in [0.4, 0.5) is 5.69 Å². The van der Waals surface area contributed by atoms with Crippen LogP contribution in [-0.4, -0.2) is 30.9 Å². The number of ether oxygens (including phenoxy) is 3. The highest BCUT2D eigenvalue weighted by atomic mass is 16.5. The first kappa shape index (κ1) is 28.9. The monoisotopic (exact) mass is 552 g/mol. The van der Waals surface area contributed by atoms with Crippen LogP contribution in [0.3, 0.4) is 0 Å². The van der Waals surface area contributed by atoms with Gasteiger partial charge in [-0.25, -0.2) is 4.79 Å². The van der Waals surface area contributed by atoms with E-state index in [9.17, 15) is 14.4 Å². The van der Waals surface area contributed by atoms with Crippen molar-refractivity contribution in [1.82, 2.24) is 5.32 Å². The van der Waals surface area contributed by atoms with Gasteiger partial charge in [0.2, 0.25) is 5.91 Å². The van der Waals surface area contributed by atoms with Gasteiger partial charge in [0.05, 0.1) is 7.11 Å². The van der Waals surface area contributed by atoms with Crippen molar-refractivity contribution in [3.05, 3.63) is 125 Å². The van der Waals surface area contributed by atoms with Crippen LogP contribution in [0.1, 0.15) is 34.0 Å². The second-order valence-electron chi connectivity index (χ2n) is 9.34. The SMILES string of the molecule is COC(=O)[C@@H](Cc1ccc(OCc2ccccc2)c(OCc2ccccc2)c1)NC(=O)c1cccc(NC(C)=O)c1. The molecule has 0 aliphatic carbocycles. The molecular weight excluding hydrogens is 520 g/mol. The molecule has 0 saturated heterocycles. The molecular formula is C33H32N2O6. The van der Waals surface area contributed by atoms with Crippen molar-refractivity contribution >= 4 is 23.5 Å². The van der Waals surface area contributed by atoms with E-state index in [2.05, 4.69) is 10.6 Å². The summed E-state index contributed by atoms with van der Waals surface area (Å²) in [7, 11) is 1.27. The number of hydrogen-bond acceptors (Lipinski definition) is 6. The van der Waals surface area contributed by atoms with Gasteiger partial charge in [0, 0.05) is 24.6 Å². The number of anilines is 1. The quantitative estimate of drug-likeness (QED) is 0.231. The van der Waals surface area contributed by atoms with E-state index in [0.29, 0.717) is 36.0 Å². The second kappa shape index (κ2) is 14.3. The summed E-state index contributed by atoms with van der Waals surface area (Å²) in [5.74, 6) is -0.248. The maximum absolute atomic E-state index is 13.0. The van der Waals surface area contributed by atoms with Crippen LogP contribution < -0.4 is 20.1 Å². The molecule has 0 heterocycles. The molecule has 0 radical (unpaired) electrons. The fraction of sp³-hybridized carbons (Fsp3) is 0.182. The summed E-state index contributed by atoms with van der Waals surface area (Å²) in [6.07, 6.45) is 0.157. The van der Waals surface area contributed by atoms with Gasteiger partial charge in [-0.2, -0.15) is 0 Å². The molecule has 0 bridgehead atoms. The van der Waals surface area contributed by atoms with Gasteiger partial charge in [0.25, 0.3) is 5.91 Å².